The Morgan fingerprint density at radius 3 is 1.70 bits per heavy atom. The zero-order valence-corrected chi connectivity index (χ0v) is 46.7. The lowest BCUT2D eigenvalue weighted by atomic mass is 9.78. The maximum absolute atomic E-state index is 9.05. The molecular formula is C72H74N4O. The molecular weight excluding hydrogens is 937 g/mol. The first-order chi connectivity index (χ1) is 38.9. The number of fused-ring (bicyclic) bond motifs is 4. The van der Waals surface area contributed by atoms with Crippen LogP contribution in [0, 0.1) is 13.7 Å². The van der Waals surface area contributed by atoms with Gasteiger partial charge < -0.3 is 14.5 Å². The third-order valence-corrected chi connectivity index (χ3v) is 15.4. The van der Waals surface area contributed by atoms with Crippen molar-refractivity contribution >= 4 is 44.6 Å². The van der Waals surface area contributed by atoms with Crippen LogP contribution in [-0.4, -0.2) is 16.2 Å². The zero-order chi connectivity index (χ0) is 59.3. The Morgan fingerprint density at radius 1 is 0.429 bits per heavy atom. The fourth-order valence-electron chi connectivity index (χ4n) is 10.9. The third kappa shape index (κ3) is 9.71. The topological polar surface area (TPSA) is 33.5 Å². The van der Waals surface area contributed by atoms with Crippen LogP contribution in [0.4, 0.5) is 22.7 Å². The molecule has 10 aromatic rings. The van der Waals surface area contributed by atoms with E-state index < -0.39 is 13.7 Å². The number of nitrogens with zero attached hydrogens (tertiary/aromatic N) is 4. The highest BCUT2D eigenvalue weighted by atomic mass is 16.5. The van der Waals surface area contributed by atoms with Crippen molar-refractivity contribution in [3.05, 3.63) is 216 Å². The fraction of sp³-hybridized carbons (Fsp3) is 0.264. The summed E-state index contributed by atoms with van der Waals surface area (Å²) in [5.41, 5.74) is 14.2. The van der Waals surface area contributed by atoms with Gasteiger partial charge in [-0.2, -0.15) is 0 Å². The summed E-state index contributed by atoms with van der Waals surface area (Å²) in [7, 11) is 0. The van der Waals surface area contributed by atoms with Crippen LogP contribution in [0.5, 0.6) is 11.5 Å². The standard InChI is InChI=1S/C72H74N4O/c1-46-37-48(29-32-57(46)58-33-30-50(38-47(58)2)69(3,4)5)59-24-20-25-60(49-39-52(71(9,10)11)41-53(40-49)72(12,13)14)68(59)75-45-74(64-27-17-18-28-65(64)75)54-21-19-22-55(43-54)77-56-31-34-62-61-23-15-16-26-63(61)76(66(62)44-56)67-42-51(35-36-73-67)70(6,7)8/h15-44H,45H2,1-14H3/i1D3,2D3. The molecule has 0 saturated carbocycles. The van der Waals surface area contributed by atoms with E-state index in [4.69, 9.17) is 17.9 Å². The van der Waals surface area contributed by atoms with Gasteiger partial charge in [-0.15, -0.1) is 0 Å². The number of para-hydroxylation sites is 4. The molecule has 0 amide bonds. The van der Waals surface area contributed by atoms with Gasteiger partial charge in [-0.25, -0.2) is 4.98 Å². The number of rotatable bonds is 8. The second-order valence-corrected chi connectivity index (χ2v) is 25.0. The molecule has 11 rings (SSSR count). The molecule has 0 aliphatic carbocycles. The SMILES string of the molecule is [2H]C([2H])([2H])c1cc(-c2cccc(-c3cc(C(C)(C)C)cc(C(C)(C)C)c3)c2N2CN(c3cccc(Oc4ccc5c6ccccc6n(-c6cc(C(C)(C)C)ccn6)c5c4)c3)c3ccccc32)ccc1-c1ccc(C(C)(C)C)cc1C([2H])([2H])[2H]. The van der Waals surface area contributed by atoms with Gasteiger partial charge in [0, 0.05) is 54.1 Å². The summed E-state index contributed by atoms with van der Waals surface area (Å²) in [6.45, 7) is 21.6. The molecule has 5 nitrogen and oxygen atoms in total. The van der Waals surface area contributed by atoms with E-state index in [-0.39, 0.29) is 32.8 Å². The molecule has 0 atom stereocenters. The summed E-state index contributed by atoms with van der Waals surface area (Å²) in [4.78, 5) is 9.56. The van der Waals surface area contributed by atoms with Crippen LogP contribution in [0.1, 0.15) is 125 Å². The van der Waals surface area contributed by atoms with Gasteiger partial charge in [-0.05, 0) is 146 Å². The minimum Gasteiger partial charge on any atom is -0.457 e. The molecule has 0 spiro atoms. The van der Waals surface area contributed by atoms with Crippen LogP contribution in [-0.2, 0) is 21.7 Å². The molecule has 1 aliphatic heterocycles. The number of hydrogen-bond acceptors (Lipinski definition) is 4. The Bertz CT molecular complexity index is 4110. The highest BCUT2D eigenvalue weighted by Gasteiger charge is 2.33. The minimum absolute atomic E-state index is 0.0586. The van der Waals surface area contributed by atoms with E-state index in [2.05, 4.69) is 198 Å². The third-order valence-electron chi connectivity index (χ3n) is 15.4. The highest BCUT2D eigenvalue weighted by Crippen LogP contribution is 2.52. The molecule has 3 heterocycles. The smallest absolute Gasteiger partial charge is 0.137 e. The monoisotopic (exact) mass is 1020 g/mol. The van der Waals surface area contributed by atoms with Crippen LogP contribution in [0.2, 0.25) is 0 Å². The summed E-state index contributed by atoms with van der Waals surface area (Å²) >= 11 is 0. The van der Waals surface area contributed by atoms with Crippen LogP contribution in [0.15, 0.2) is 182 Å². The van der Waals surface area contributed by atoms with Gasteiger partial charge in [0.25, 0.3) is 0 Å². The van der Waals surface area contributed by atoms with Crippen molar-refractivity contribution in [2.24, 2.45) is 0 Å². The van der Waals surface area contributed by atoms with E-state index in [0.717, 1.165) is 72.6 Å². The number of aromatic nitrogens is 2. The maximum atomic E-state index is 9.05. The fourth-order valence-corrected chi connectivity index (χ4v) is 10.9. The summed E-state index contributed by atoms with van der Waals surface area (Å²) in [6, 6.07) is 59.9. The van der Waals surface area contributed by atoms with E-state index in [0.29, 0.717) is 34.9 Å². The number of pyridine rings is 1. The van der Waals surface area contributed by atoms with Crippen LogP contribution in [0.3, 0.4) is 0 Å². The number of hydrogen-bond donors (Lipinski definition) is 0. The molecule has 0 bridgehead atoms. The lowest BCUT2D eigenvalue weighted by molar-refractivity contribution is 0.483. The molecule has 5 heteroatoms. The van der Waals surface area contributed by atoms with Gasteiger partial charge >= 0.3 is 0 Å². The average molecular weight is 1020 g/mol. The van der Waals surface area contributed by atoms with Gasteiger partial charge in [0.05, 0.1) is 28.1 Å². The first kappa shape index (κ1) is 44.3. The van der Waals surface area contributed by atoms with Gasteiger partial charge in [0.2, 0.25) is 0 Å². The van der Waals surface area contributed by atoms with E-state index in [9.17, 15) is 0 Å². The predicted octanol–water partition coefficient (Wildman–Crippen LogP) is 20.0. The van der Waals surface area contributed by atoms with Crippen LogP contribution < -0.4 is 14.5 Å². The van der Waals surface area contributed by atoms with Gasteiger partial charge in [-0.3, -0.25) is 4.57 Å². The maximum Gasteiger partial charge on any atom is 0.137 e. The molecule has 388 valence electrons. The summed E-state index contributed by atoms with van der Waals surface area (Å²) in [6.07, 6.45) is 1.90. The lowest BCUT2D eigenvalue weighted by Crippen LogP contribution is -2.25. The van der Waals surface area contributed by atoms with Crippen molar-refractivity contribution in [3.8, 4) is 50.7 Å². The van der Waals surface area contributed by atoms with Crippen molar-refractivity contribution in [1.29, 1.82) is 0 Å². The van der Waals surface area contributed by atoms with Crippen LogP contribution in [0.25, 0.3) is 61.0 Å². The van der Waals surface area contributed by atoms with E-state index in [1.165, 1.54) is 16.7 Å². The van der Waals surface area contributed by atoms with E-state index in [1.54, 1.807) is 24.3 Å². The van der Waals surface area contributed by atoms with Crippen molar-refractivity contribution in [2.45, 2.75) is 118 Å². The van der Waals surface area contributed by atoms with Crippen molar-refractivity contribution < 1.29 is 13.0 Å². The molecule has 0 N–H and O–H groups in total. The Balaban J connectivity index is 1.05. The van der Waals surface area contributed by atoms with Crippen molar-refractivity contribution in [3.63, 3.8) is 0 Å². The summed E-state index contributed by atoms with van der Waals surface area (Å²) in [5.74, 6) is 2.22. The van der Waals surface area contributed by atoms with Crippen molar-refractivity contribution in [1.82, 2.24) is 9.55 Å². The molecule has 0 unspecified atom stereocenters. The second kappa shape index (κ2) is 19.0. The van der Waals surface area contributed by atoms with E-state index >= 15 is 0 Å². The second-order valence-electron chi connectivity index (χ2n) is 25.0. The number of benzene rings is 8. The number of ether oxygens (including phenoxy) is 1. The lowest BCUT2D eigenvalue weighted by Gasteiger charge is -2.30. The first-order valence-electron chi connectivity index (χ1n) is 30.0. The summed E-state index contributed by atoms with van der Waals surface area (Å²) in [5, 5.41) is 2.25. The highest BCUT2D eigenvalue weighted by molar-refractivity contribution is 6.09. The van der Waals surface area contributed by atoms with Crippen LogP contribution >= 0.6 is 0 Å². The molecule has 0 fully saturated rings. The molecule has 77 heavy (non-hydrogen) atoms. The van der Waals surface area contributed by atoms with Gasteiger partial charge in [-0.1, -0.05) is 192 Å². The molecule has 0 saturated heterocycles. The average Bonchev–Trinajstić information content (AvgIpc) is 1.93. The minimum atomic E-state index is -2.59. The Kier molecular flexibility index (Phi) is 10.9. The normalized spacial score (nSPS) is 14.7. The Morgan fingerprint density at radius 2 is 1.01 bits per heavy atom. The quantitative estimate of drug-likeness (QED) is 0.152. The zero-order valence-electron chi connectivity index (χ0n) is 52.7. The van der Waals surface area contributed by atoms with Crippen molar-refractivity contribution in [2.75, 3.05) is 16.5 Å². The Labute approximate surface area is 466 Å². The molecule has 2 aromatic heterocycles. The molecule has 1 aliphatic rings. The van der Waals surface area contributed by atoms with Gasteiger partial charge in [0.1, 0.15) is 24.0 Å². The molecule has 8 aromatic carbocycles. The number of aryl methyl sites for hydroxylation is 2. The Hall–Kier alpha value is -7.89. The molecule has 0 radical (unpaired) electrons. The predicted molar refractivity (Wildman–Crippen MR) is 328 cm³/mol. The number of anilines is 4. The van der Waals surface area contributed by atoms with Gasteiger partial charge in [0.15, 0.2) is 0 Å². The largest absolute Gasteiger partial charge is 0.457 e. The summed E-state index contributed by atoms with van der Waals surface area (Å²) < 4.78 is 62.3. The van der Waals surface area contributed by atoms with E-state index in [1.807, 2.05) is 57.3 Å². The first-order valence-corrected chi connectivity index (χ1v) is 27.0.